The number of halogens is 1. The fourth-order valence-corrected chi connectivity index (χ4v) is 2.21. The molecule has 0 aliphatic carbocycles. The summed E-state index contributed by atoms with van der Waals surface area (Å²) >= 11 is 5.87. The first kappa shape index (κ1) is 17.7. The fourth-order valence-electron chi connectivity index (χ4n) is 2.06. The number of hydrogen-bond donors (Lipinski definition) is 2. The van der Waals surface area contributed by atoms with E-state index >= 15 is 0 Å². The van der Waals surface area contributed by atoms with Crippen molar-refractivity contribution in [3.63, 3.8) is 0 Å². The summed E-state index contributed by atoms with van der Waals surface area (Å²) in [6.07, 6.45) is 0.602. The van der Waals surface area contributed by atoms with E-state index in [0.29, 0.717) is 29.7 Å². The first-order valence-electron chi connectivity index (χ1n) is 7.20. The van der Waals surface area contributed by atoms with Crippen LogP contribution in [-0.2, 0) is 4.79 Å². The van der Waals surface area contributed by atoms with E-state index in [0.717, 1.165) is 22.7 Å². The number of anilines is 2. The maximum atomic E-state index is 10.2. The molecule has 1 heterocycles. The van der Waals surface area contributed by atoms with Gasteiger partial charge in [-0.05, 0) is 30.7 Å². The summed E-state index contributed by atoms with van der Waals surface area (Å²) in [6.45, 7) is 2.19. The first-order chi connectivity index (χ1) is 11.6. The van der Waals surface area contributed by atoms with Gasteiger partial charge in [0.2, 0.25) is 13.2 Å². The van der Waals surface area contributed by atoms with Crippen LogP contribution in [0.3, 0.4) is 0 Å². The molecule has 0 saturated carbocycles. The average Bonchev–Trinajstić information content (AvgIpc) is 3.06. The Balaban J connectivity index is 0.000000175. The van der Waals surface area contributed by atoms with Gasteiger partial charge in [-0.1, -0.05) is 11.6 Å². The van der Waals surface area contributed by atoms with Gasteiger partial charge < -0.3 is 24.8 Å². The number of amides is 1. The molecule has 0 bridgehead atoms. The summed E-state index contributed by atoms with van der Waals surface area (Å²) in [5.41, 5.74) is 2.56. The van der Waals surface area contributed by atoms with Crippen LogP contribution in [0.1, 0.15) is 5.56 Å². The Bertz CT molecular complexity index is 722. The van der Waals surface area contributed by atoms with E-state index in [9.17, 15) is 4.79 Å². The zero-order valence-corrected chi connectivity index (χ0v) is 14.4. The van der Waals surface area contributed by atoms with Crippen molar-refractivity contribution in [2.24, 2.45) is 0 Å². The highest BCUT2D eigenvalue weighted by molar-refractivity contribution is 6.31. The lowest BCUT2D eigenvalue weighted by Crippen LogP contribution is -1.98. The second-order valence-corrected chi connectivity index (χ2v) is 5.29. The predicted molar refractivity (Wildman–Crippen MR) is 94.5 cm³/mol. The van der Waals surface area contributed by atoms with E-state index in [1.165, 1.54) is 7.11 Å². The number of carbonyl (C=O) groups excluding carboxylic acids is 1. The minimum absolute atomic E-state index is 0.336. The van der Waals surface area contributed by atoms with E-state index in [-0.39, 0.29) is 0 Å². The third kappa shape index (κ3) is 4.23. The molecule has 24 heavy (non-hydrogen) atoms. The lowest BCUT2D eigenvalue weighted by atomic mass is 10.2. The zero-order valence-electron chi connectivity index (χ0n) is 13.7. The molecule has 0 fully saturated rings. The number of carbonyl (C=O) groups is 1. The quantitative estimate of drug-likeness (QED) is 0.823. The van der Waals surface area contributed by atoms with Gasteiger partial charge in [0.15, 0.2) is 11.5 Å². The summed E-state index contributed by atoms with van der Waals surface area (Å²) in [4.78, 5) is 10.2. The minimum Gasteiger partial charge on any atom is -0.495 e. The van der Waals surface area contributed by atoms with Gasteiger partial charge in [0.1, 0.15) is 5.75 Å². The normalized spacial score (nSPS) is 11.2. The number of fused-ring (bicyclic) bond motifs is 1. The number of hydrogen-bond acceptors (Lipinski definition) is 5. The van der Waals surface area contributed by atoms with Crippen LogP contribution in [0.2, 0.25) is 5.02 Å². The molecule has 7 heteroatoms. The van der Waals surface area contributed by atoms with Gasteiger partial charge in [-0.25, -0.2) is 0 Å². The summed E-state index contributed by atoms with van der Waals surface area (Å²) < 4.78 is 15.4. The van der Waals surface area contributed by atoms with Crippen LogP contribution >= 0.6 is 11.6 Å². The van der Waals surface area contributed by atoms with Crippen LogP contribution in [0.15, 0.2) is 30.3 Å². The lowest BCUT2D eigenvalue weighted by molar-refractivity contribution is -0.105. The van der Waals surface area contributed by atoms with E-state index in [1.807, 2.05) is 32.2 Å². The predicted octanol–water partition coefficient (Wildman–Crippen LogP) is 3.68. The summed E-state index contributed by atoms with van der Waals surface area (Å²) in [5, 5.41) is 6.17. The number of benzene rings is 2. The summed E-state index contributed by atoms with van der Waals surface area (Å²) in [6, 6.07) is 9.20. The van der Waals surface area contributed by atoms with Gasteiger partial charge in [0.25, 0.3) is 0 Å². The van der Waals surface area contributed by atoms with Gasteiger partial charge in [-0.3, -0.25) is 4.79 Å². The lowest BCUT2D eigenvalue weighted by Gasteiger charge is -2.09. The molecular formula is C17H19ClN2O4. The molecule has 0 saturated heterocycles. The third-order valence-electron chi connectivity index (χ3n) is 3.36. The van der Waals surface area contributed by atoms with Crippen molar-refractivity contribution >= 4 is 29.4 Å². The Morgan fingerprint density at radius 3 is 2.62 bits per heavy atom. The highest BCUT2D eigenvalue weighted by atomic mass is 35.5. The molecule has 2 N–H and O–H groups in total. The Morgan fingerprint density at radius 1 is 1.21 bits per heavy atom. The molecule has 1 aliphatic rings. The number of methoxy groups -OCH3 is 1. The van der Waals surface area contributed by atoms with Gasteiger partial charge in [0.05, 0.1) is 12.8 Å². The molecule has 1 aliphatic heterocycles. The average molecular weight is 351 g/mol. The standard InChI is InChI=1S/C9H10ClNO2.C8H9NO2/c1-6-3-8(11-5-12)9(13-2)4-7(6)10;1-9-6-2-3-7-8(4-6)11-5-10-7/h3-5H,1-2H3,(H,11,12);2-4,9H,5H2,1H3. The first-order valence-corrected chi connectivity index (χ1v) is 7.58. The Hall–Kier alpha value is -2.60. The maximum Gasteiger partial charge on any atom is 0.231 e. The van der Waals surface area contributed by atoms with E-state index in [4.69, 9.17) is 25.8 Å². The molecule has 128 valence electrons. The number of nitrogens with one attached hydrogen (secondary N) is 2. The van der Waals surface area contributed by atoms with Crippen LogP contribution < -0.4 is 24.8 Å². The number of ether oxygens (including phenoxy) is 3. The van der Waals surface area contributed by atoms with Crippen molar-refractivity contribution in [1.29, 1.82) is 0 Å². The molecule has 1 amide bonds. The van der Waals surface area contributed by atoms with Crippen LogP contribution in [0, 0.1) is 6.92 Å². The maximum absolute atomic E-state index is 10.2. The van der Waals surface area contributed by atoms with Gasteiger partial charge in [0, 0.05) is 29.9 Å². The van der Waals surface area contributed by atoms with Crippen LogP contribution in [0.25, 0.3) is 0 Å². The molecule has 0 spiro atoms. The van der Waals surface area contributed by atoms with Crippen molar-refractivity contribution in [3.05, 3.63) is 40.9 Å². The Morgan fingerprint density at radius 2 is 1.96 bits per heavy atom. The fraction of sp³-hybridized carbons (Fsp3) is 0.235. The van der Waals surface area contributed by atoms with Crippen molar-refractivity contribution in [1.82, 2.24) is 0 Å². The molecule has 0 atom stereocenters. The van der Waals surface area contributed by atoms with Gasteiger partial charge in [-0.15, -0.1) is 0 Å². The highest BCUT2D eigenvalue weighted by Crippen LogP contribution is 2.34. The Labute approximate surface area is 145 Å². The van der Waals surface area contributed by atoms with Crippen molar-refractivity contribution in [3.8, 4) is 17.2 Å². The zero-order chi connectivity index (χ0) is 17.5. The number of aryl methyl sites for hydroxylation is 1. The molecule has 0 radical (unpaired) electrons. The molecule has 2 aromatic rings. The highest BCUT2D eigenvalue weighted by Gasteiger charge is 2.12. The molecule has 2 aromatic carbocycles. The van der Waals surface area contributed by atoms with Gasteiger partial charge >= 0.3 is 0 Å². The third-order valence-corrected chi connectivity index (χ3v) is 3.76. The minimum atomic E-state index is 0.336. The molecular weight excluding hydrogens is 332 g/mol. The summed E-state index contributed by atoms with van der Waals surface area (Å²) in [5.74, 6) is 2.20. The van der Waals surface area contributed by atoms with Crippen LogP contribution in [0.4, 0.5) is 11.4 Å². The molecule has 0 aromatic heterocycles. The molecule has 6 nitrogen and oxygen atoms in total. The second-order valence-electron chi connectivity index (χ2n) is 4.88. The Kier molecular flexibility index (Phi) is 6.14. The monoisotopic (exact) mass is 350 g/mol. The SMILES string of the molecule is CNc1ccc2c(c1)OCO2.COc1cc(Cl)c(C)cc1NC=O. The molecule has 3 rings (SSSR count). The van der Waals surface area contributed by atoms with Crippen LogP contribution in [-0.4, -0.2) is 27.4 Å². The smallest absolute Gasteiger partial charge is 0.231 e. The van der Waals surface area contributed by atoms with Gasteiger partial charge in [-0.2, -0.15) is 0 Å². The summed E-state index contributed by atoms with van der Waals surface area (Å²) in [7, 11) is 3.40. The van der Waals surface area contributed by atoms with Crippen LogP contribution in [0.5, 0.6) is 17.2 Å². The van der Waals surface area contributed by atoms with E-state index < -0.39 is 0 Å². The molecule has 0 unspecified atom stereocenters. The topological polar surface area (TPSA) is 68.8 Å². The van der Waals surface area contributed by atoms with Crippen molar-refractivity contribution < 1.29 is 19.0 Å². The number of rotatable bonds is 4. The van der Waals surface area contributed by atoms with E-state index in [2.05, 4.69) is 10.6 Å². The van der Waals surface area contributed by atoms with Crippen molar-refractivity contribution in [2.75, 3.05) is 31.6 Å². The van der Waals surface area contributed by atoms with E-state index in [1.54, 1.807) is 12.1 Å². The largest absolute Gasteiger partial charge is 0.495 e. The second kappa shape index (κ2) is 8.31. The van der Waals surface area contributed by atoms with Crippen molar-refractivity contribution in [2.45, 2.75) is 6.92 Å².